The van der Waals surface area contributed by atoms with Crippen molar-refractivity contribution < 1.29 is 9.53 Å². The van der Waals surface area contributed by atoms with E-state index in [0.29, 0.717) is 25.0 Å². The molecule has 0 aliphatic rings. The van der Waals surface area contributed by atoms with E-state index < -0.39 is 0 Å². The molecule has 0 fully saturated rings. The van der Waals surface area contributed by atoms with Crippen molar-refractivity contribution in [2.24, 2.45) is 5.92 Å². The Morgan fingerprint density at radius 1 is 0.526 bits per heavy atom. The Balaban J connectivity index is 3.87. The lowest BCUT2D eigenvalue weighted by Crippen LogP contribution is -2.24. The number of carbonyl (C=O) groups is 1. The molecular formula is C35H71NO2. The highest BCUT2D eigenvalue weighted by Gasteiger charge is 2.12. The second-order valence-electron chi connectivity index (χ2n) is 12.2. The minimum absolute atomic E-state index is 0.0364. The summed E-state index contributed by atoms with van der Waals surface area (Å²) in [7, 11) is 2.12. The first-order valence-electron chi connectivity index (χ1n) is 17.5. The van der Waals surface area contributed by atoms with Crippen molar-refractivity contribution in [2.75, 3.05) is 13.7 Å². The molecule has 0 aliphatic heterocycles. The van der Waals surface area contributed by atoms with Crippen LogP contribution in [0.3, 0.4) is 0 Å². The van der Waals surface area contributed by atoms with Crippen LogP contribution in [-0.4, -0.2) is 25.7 Å². The van der Waals surface area contributed by atoms with E-state index in [2.05, 4.69) is 33.1 Å². The molecule has 0 amide bonds. The second kappa shape index (κ2) is 31.0. The molecule has 0 aromatic heterocycles. The van der Waals surface area contributed by atoms with Gasteiger partial charge in [0.25, 0.3) is 0 Å². The van der Waals surface area contributed by atoms with Crippen LogP contribution in [-0.2, 0) is 9.53 Å². The van der Waals surface area contributed by atoms with Gasteiger partial charge in [-0.2, -0.15) is 0 Å². The van der Waals surface area contributed by atoms with Gasteiger partial charge in [0.15, 0.2) is 0 Å². The third-order valence-electron chi connectivity index (χ3n) is 8.41. The number of nitrogens with one attached hydrogen (secondary N) is 1. The van der Waals surface area contributed by atoms with Crippen LogP contribution in [0.1, 0.15) is 194 Å². The van der Waals surface area contributed by atoms with Gasteiger partial charge in [0, 0.05) is 12.5 Å². The van der Waals surface area contributed by atoms with E-state index in [9.17, 15) is 4.79 Å². The number of hydrogen-bond donors (Lipinski definition) is 1. The third-order valence-corrected chi connectivity index (χ3v) is 8.41. The number of ether oxygens (including phenoxy) is 1. The predicted molar refractivity (Wildman–Crippen MR) is 169 cm³/mol. The maximum Gasteiger partial charge on any atom is 0.305 e. The number of esters is 1. The van der Waals surface area contributed by atoms with Crippen LogP contribution < -0.4 is 5.32 Å². The van der Waals surface area contributed by atoms with E-state index in [1.54, 1.807) is 0 Å². The van der Waals surface area contributed by atoms with Gasteiger partial charge < -0.3 is 10.1 Å². The average Bonchev–Trinajstić information content (AvgIpc) is 2.93. The first-order chi connectivity index (χ1) is 18.7. The molecule has 0 spiro atoms. The van der Waals surface area contributed by atoms with E-state index in [4.69, 9.17) is 4.74 Å². The van der Waals surface area contributed by atoms with Crippen molar-refractivity contribution in [1.82, 2.24) is 5.32 Å². The van der Waals surface area contributed by atoms with Gasteiger partial charge in [-0.3, -0.25) is 4.79 Å². The molecule has 0 heterocycles. The maximum absolute atomic E-state index is 12.4. The zero-order chi connectivity index (χ0) is 27.9. The van der Waals surface area contributed by atoms with Gasteiger partial charge in [-0.15, -0.1) is 0 Å². The normalized spacial score (nSPS) is 13.1. The lowest BCUT2D eigenvalue weighted by atomic mass is 9.95. The molecular weight excluding hydrogens is 466 g/mol. The van der Waals surface area contributed by atoms with Crippen LogP contribution >= 0.6 is 0 Å². The minimum Gasteiger partial charge on any atom is -0.465 e. The van der Waals surface area contributed by atoms with Crippen LogP contribution in [0.5, 0.6) is 0 Å². The van der Waals surface area contributed by atoms with Crippen molar-refractivity contribution in [3.05, 3.63) is 0 Å². The lowest BCUT2D eigenvalue weighted by molar-refractivity contribution is -0.145. The molecule has 0 bridgehead atoms. The summed E-state index contributed by atoms with van der Waals surface area (Å²) in [5.41, 5.74) is 0. The van der Waals surface area contributed by atoms with Gasteiger partial charge >= 0.3 is 5.97 Å². The summed E-state index contributed by atoms with van der Waals surface area (Å²) in [6, 6.07) is 0.668. The topological polar surface area (TPSA) is 38.3 Å². The summed E-state index contributed by atoms with van der Waals surface area (Å²) in [4.78, 5) is 12.4. The molecule has 0 aromatic rings. The van der Waals surface area contributed by atoms with Crippen LogP contribution in [0.15, 0.2) is 0 Å². The van der Waals surface area contributed by atoms with Crippen molar-refractivity contribution in [2.45, 2.75) is 200 Å². The largest absolute Gasteiger partial charge is 0.465 e. The second-order valence-corrected chi connectivity index (χ2v) is 12.2. The summed E-state index contributed by atoms with van der Waals surface area (Å²) in [5, 5.41) is 3.53. The summed E-state index contributed by atoms with van der Waals surface area (Å²) in [5.74, 6) is 0.607. The van der Waals surface area contributed by atoms with Crippen LogP contribution in [0.4, 0.5) is 0 Å². The van der Waals surface area contributed by atoms with Crippen molar-refractivity contribution in [1.29, 1.82) is 0 Å². The summed E-state index contributed by atoms with van der Waals surface area (Å²) in [6.45, 7) is 7.49. The third kappa shape index (κ3) is 27.0. The SMILES string of the molecule is CCCCCCCCCCC(CCCCCCC(=O)OCC(CCCCCC)CCCCCCCC)NC. The van der Waals surface area contributed by atoms with E-state index in [-0.39, 0.29) is 5.97 Å². The Kier molecular flexibility index (Phi) is 30.5. The molecule has 0 saturated heterocycles. The van der Waals surface area contributed by atoms with E-state index >= 15 is 0 Å². The number of rotatable bonds is 31. The van der Waals surface area contributed by atoms with E-state index in [1.807, 2.05) is 0 Å². The minimum atomic E-state index is 0.0364. The highest BCUT2D eigenvalue weighted by Crippen LogP contribution is 2.20. The quantitative estimate of drug-likeness (QED) is 0.0705. The number of unbranched alkanes of at least 4 members (excludes halogenated alkanes) is 18. The Bertz CT molecular complexity index is 467. The Morgan fingerprint density at radius 3 is 1.34 bits per heavy atom. The highest BCUT2D eigenvalue weighted by molar-refractivity contribution is 5.69. The monoisotopic (exact) mass is 538 g/mol. The fourth-order valence-corrected chi connectivity index (χ4v) is 5.64. The molecule has 1 N–H and O–H groups in total. The molecule has 3 nitrogen and oxygen atoms in total. The number of hydrogen-bond acceptors (Lipinski definition) is 3. The van der Waals surface area contributed by atoms with Gasteiger partial charge in [0.2, 0.25) is 0 Å². The molecule has 228 valence electrons. The van der Waals surface area contributed by atoms with Gasteiger partial charge in [-0.25, -0.2) is 0 Å². The molecule has 0 radical (unpaired) electrons. The van der Waals surface area contributed by atoms with E-state index in [0.717, 1.165) is 12.8 Å². The van der Waals surface area contributed by atoms with Crippen molar-refractivity contribution in [3.63, 3.8) is 0 Å². The smallest absolute Gasteiger partial charge is 0.305 e. The van der Waals surface area contributed by atoms with Crippen LogP contribution in [0.25, 0.3) is 0 Å². The zero-order valence-corrected chi connectivity index (χ0v) is 26.8. The van der Waals surface area contributed by atoms with Gasteiger partial charge in [0.05, 0.1) is 6.61 Å². The zero-order valence-electron chi connectivity index (χ0n) is 26.8. The van der Waals surface area contributed by atoms with Crippen LogP contribution in [0.2, 0.25) is 0 Å². The summed E-state index contributed by atoms with van der Waals surface area (Å²) in [6.07, 6.45) is 34.8. The predicted octanol–water partition coefficient (Wildman–Crippen LogP) is 11.3. The molecule has 0 aromatic carbocycles. The molecule has 2 unspecified atom stereocenters. The molecule has 0 saturated carbocycles. The molecule has 38 heavy (non-hydrogen) atoms. The lowest BCUT2D eigenvalue weighted by Gasteiger charge is -2.17. The van der Waals surface area contributed by atoms with Crippen molar-refractivity contribution in [3.8, 4) is 0 Å². The Hall–Kier alpha value is -0.570. The first-order valence-corrected chi connectivity index (χ1v) is 17.5. The first kappa shape index (κ1) is 37.4. The van der Waals surface area contributed by atoms with Crippen LogP contribution in [0, 0.1) is 5.92 Å². The van der Waals surface area contributed by atoms with Gasteiger partial charge in [0.1, 0.15) is 0 Å². The fourth-order valence-electron chi connectivity index (χ4n) is 5.64. The van der Waals surface area contributed by atoms with E-state index in [1.165, 1.54) is 154 Å². The van der Waals surface area contributed by atoms with Gasteiger partial charge in [-0.05, 0) is 45.1 Å². The highest BCUT2D eigenvalue weighted by atomic mass is 16.5. The summed E-state index contributed by atoms with van der Waals surface area (Å²) < 4.78 is 5.76. The Labute approximate surface area is 240 Å². The van der Waals surface area contributed by atoms with Crippen molar-refractivity contribution >= 4 is 5.97 Å². The average molecular weight is 538 g/mol. The van der Waals surface area contributed by atoms with Gasteiger partial charge in [-0.1, -0.05) is 156 Å². The number of carbonyl (C=O) groups excluding carboxylic acids is 1. The maximum atomic E-state index is 12.4. The molecule has 0 aliphatic carbocycles. The fraction of sp³-hybridized carbons (Fsp3) is 0.971. The summed E-state index contributed by atoms with van der Waals surface area (Å²) >= 11 is 0. The molecule has 2 atom stereocenters. The standard InChI is InChI=1S/C35H71NO2/c1-5-8-11-14-16-17-19-24-29-34(36-4)30-25-20-21-26-31-35(37)38-32-33(27-22-13-10-7-3)28-23-18-15-12-9-6-2/h33-34,36H,5-32H2,1-4H3. The Morgan fingerprint density at radius 2 is 0.895 bits per heavy atom. The molecule has 3 heteroatoms. The molecule has 0 rings (SSSR count).